The van der Waals surface area contributed by atoms with Crippen LogP contribution in [0.15, 0.2) is 23.2 Å². The average molecular weight is 413 g/mol. The topological polar surface area (TPSA) is 12.4 Å². The van der Waals surface area contributed by atoms with E-state index in [-0.39, 0.29) is 26.2 Å². The molecule has 1 aromatic carbocycles. The van der Waals surface area contributed by atoms with Gasteiger partial charge in [-0.2, -0.15) is 0 Å². The molecule has 2 heteroatoms. The normalized spacial score (nSPS) is 13.8. The Kier molecular flexibility index (Phi) is 4.67. The summed E-state index contributed by atoms with van der Waals surface area (Å²) in [5.41, 5.74) is 5.34. The number of hydrogen-bond donors (Lipinski definition) is 0. The van der Waals surface area contributed by atoms with Gasteiger partial charge in [-0.1, -0.05) is 39.8 Å². The second-order valence-corrected chi connectivity index (χ2v) is 4.98. The van der Waals surface area contributed by atoms with Gasteiger partial charge in [0, 0.05) is 12.1 Å². The van der Waals surface area contributed by atoms with Crippen molar-refractivity contribution in [3.63, 3.8) is 0 Å². The van der Waals surface area contributed by atoms with E-state index in [0.717, 1.165) is 6.42 Å². The van der Waals surface area contributed by atoms with Gasteiger partial charge in [-0.15, -0.1) is 0 Å². The fraction of sp³-hybridized carbons (Fsp3) is 0.500. The summed E-state index contributed by atoms with van der Waals surface area (Å²) in [5, 5.41) is 0. The van der Waals surface area contributed by atoms with Crippen LogP contribution in [0.25, 0.3) is 0 Å². The van der Waals surface area contributed by atoms with Crippen LogP contribution in [0.2, 0.25) is 0 Å². The molecule has 0 atom stereocenters. The second-order valence-electron chi connectivity index (χ2n) is 4.98. The maximum atomic E-state index is 4.67. The number of aliphatic imine (C=N–C) groups is 1. The van der Waals surface area contributed by atoms with Crippen molar-refractivity contribution in [3.8, 4) is 0 Å². The molecule has 0 amide bonds. The van der Waals surface area contributed by atoms with E-state index in [2.05, 4.69) is 50.9 Å². The van der Waals surface area contributed by atoms with E-state index in [1.54, 1.807) is 0 Å². The Bertz CT molecular complexity index is 405. The first-order valence-corrected chi connectivity index (χ1v) is 5.78. The van der Waals surface area contributed by atoms with Crippen LogP contribution >= 0.6 is 0 Å². The summed E-state index contributed by atoms with van der Waals surface area (Å²) in [5.74, 6) is 1.18. The molecule has 2 rings (SSSR count). The third-order valence-corrected chi connectivity index (χ3v) is 3.07. The van der Waals surface area contributed by atoms with Crippen LogP contribution in [0.4, 0.5) is 5.69 Å². The van der Waals surface area contributed by atoms with E-state index in [0.29, 0.717) is 11.8 Å². The molecule has 0 unspecified atom stereocenters. The number of hydrogen-bond acceptors (Lipinski definition) is 1. The van der Waals surface area contributed by atoms with E-state index in [1.807, 2.05) is 0 Å². The molecule has 0 bridgehead atoms. The predicted octanol–water partition coefficient (Wildman–Crippen LogP) is 2.91. The van der Waals surface area contributed by atoms with Crippen molar-refractivity contribution in [2.45, 2.75) is 40.0 Å². The third-order valence-electron chi connectivity index (χ3n) is 3.07. The van der Waals surface area contributed by atoms with Crippen LogP contribution in [0.3, 0.4) is 0 Å². The summed E-state index contributed by atoms with van der Waals surface area (Å²) in [6.45, 7) is 8.91. The summed E-state index contributed by atoms with van der Waals surface area (Å²) in [4.78, 5) is 4.67. The van der Waals surface area contributed by atoms with Crippen LogP contribution in [0.1, 0.15) is 44.7 Å². The molecule has 1 nitrogen and oxygen atoms in total. The van der Waals surface area contributed by atoms with Crippen molar-refractivity contribution in [3.05, 3.63) is 29.3 Å². The van der Waals surface area contributed by atoms with Crippen molar-refractivity contribution in [1.82, 2.24) is 0 Å². The van der Waals surface area contributed by atoms with Crippen LogP contribution in [-0.2, 0) is 6.42 Å². The van der Waals surface area contributed by atoms with Crippen molar-refractivity contribution < 1.29 is 0 Å². The first kappa shape index (κ1) is 13.8. The van der Waals surface area contributed by atoms with Gasteiger partial charge in [0.2, 0.25) is 0 Å². The van der Waals surface area contributed by atoms with Gasteiger partial charge in [0.05, 0.1) is 5.69 Å². The Balaban J connectivity index is 0.00000128. The SMILES string of the molecule is CC(C)C1=Nc2ccc(C(C)C)cc2C1.[BiH3]. The molecule has 1 aliphatic heterocycles. The van der Waals surface area contributed by atoms with Crippen LogP contribution in [0, 0.1) is 5.92 Å². The summed E-state index contributed by atoms with van der Waals surface area (Å²) < 4.78 is 0. The Labute approximate surface area is 117 Å². The second kappa shape index (κ2) is 5.40. The van der Waals surface area contributed by atoms with E-state index < -0.39 is 0 Å². The fourth-order valence-electron chi connectivity index (χ4n) is 1.94. The predicted molar refractivity (Wildman–Crippen MR) is 76.1 cm³/mol. The Hall–Kier alpha value is -0.227. The van der Waals surface area contributed by atoms with Crippen LogP contribution in [-0.4, -0.2) is 31.9 Å². The molecule has 1 aliphatic rings. The first-order chi connectivity index (χ1) is 7.08. The van der Waals surface area contributed by atoms with Crippen molar-refractivity contribution in [2.24, 2.45) is 10.9 Å². The summed E-state index contributed by atoms with van der Waals surface area (Å²) >= 11 is 0. The zero-order valence-corrected chi connectivity index (χ0v) is 16.2. The minimum atomic E-state index is 0. The number of fused-ring (bicyclic) bond motifs is 1. The van der Waals surface area contributed by atoms with Gasteiger partial charge in [-0.25, -0.2) is 0 Å². The van der Waals surface area contributed by atoms with Gasteiger partial charge in [0.25, 0.3) is 0 Å². The zero-order valence-electron chi connectivity index (χ0n) is 10.7. The molecule has 0 saturated heterocycles. The van der Waals surface area contributed by atoms with E-state index in [1.165, 1.54) is 22.5 Å². The molecular formula is C14H22BiN. The van der Waals surface area contributed by atoms with Crippen molar-refractivity contribution >= 4 is 37.6 Å². The van der Waals surface area contributed by atoms with Gasteiger partial charge in [0.15, 0.2) is 0 Å². The molecule has 1 heterocycles. The Morgan fingerprint density at radius 1 is 1.06 bits per heavy atom. The molecule has 88 valence electrons. The molecule has 0 aromatic heterocycles. The molecular weight excluding hydrogens is 391 g/mol. The molecule has 0 N–H and O–H groups in total. The molecule has 0 aliphatic carbocycles. The quantitative estimate of drug-likeness (QED) is 0.662. The molecule has 0 spiro atoms. The molecule has 0 fully saturated rings. The summed E-state index contributed by atoms with van der Waals surface area (Å²) in [7, 11) is 0. The maximum absolute atomic E-state index is 4.67. The number of nitrogens with zero attached hydrogens (tertiary/aromatic N) is 1. The van der Waals surface area contributed by atoms with E-state index >= 15 is 0 Å². The van der Waals surface area contributed by atoms with Gasteiger partial charge in [-0.05, 0) is 29.0 Å². The van der Waals surface area contributed by atoms with E-state index in [4.69, 9.17) is 0 Å². The first-order valence-electron chi connectivity index (χ1n) is 5.78. The van der Waals surface area contributed by atoms with Crippen molar-refractivity contribution in [2.75, 3.05) is 0 Å². The monoisotopic (exact) mass is 413 g/mol. The fourth-order valence-corrected chi connectivity index (χ4v) is 1.94. The molecule has 0 radical (unpaired) electrons. The molecule has 0 saturated carbocycles. The van der Waals surface area contributed by atoms with Crippen LogP contribution in [0.5, 0.6) is 0 Å². The Morgan fingerprint density at radius 2 is 1.75 bits per heavy atom. The molecule has 16 heavy (non-hydrogen) atoms. The van der Waals surface area contributed by atoms with Crippen molar-refractivity contribution in [1.29, 1.82) is 0 Å². The zero-order chi connectivity index (χ0) is 11.0. The summed E-state index contributed by atoms with van der Waals surface area (Å²) in [6.07, 6.45) is 1.05. The standard InChI is InChI=1S/C14H19N.Bi.3H/c1-9(2)11-5-6-13-12(7-11)8-14(15-13)10(3)4;;;;/h5-7,9-10H,8H2,1-4H3;;;;. The minimum absolute atomic E-state index is 0. The number of benzene rings is 1. The van der Waals surface area contributed by atoms with Gasteiger partial charge >= 0.3 is 26.2 Å². The number of rotatable bonds is 2. The Morgan fingerprint density at radius 3 is 2.31 bits per heavy atom. The summed E-state index contributed by atoms with van der Waals surface area (Å²) in [6, 6.07) is 6.69. The van der Waals surface area contributed by atoms with Gasteiger partial charge in [0.1, 0.15) is 0 Å². The van der Waals surface area contributed by atoms with Gasteiger partial charge < -0.3 is 0 Å². The van der Waals surface area contributed by atoms with E-state index in [9.17, 15) is 0 Å². The average Bonchev–Trinajstić information content (AvgIpc) is 2.59. The molecule has 1 aromatic rings. The third kappa shape index (κ3) is 2.71. The van der Waals surface area contributed by atoms with Crippen LogP contribution < -0.4 is 0 Å². The van der Waals surface area contributed by atoms with Gasteiger partial charge in [-0.3, -0.25) is 4.99 Å².